The number of carbonyl (C=O) groups is 1. The van der Waals surface area contributed by atoms with E-state index < -0.39 is 0 Å². The molecule has 0 saturated heterocycles. The molecular weight excluding hydrogens is 232 g/mol. The summed E-state index contributed by atoms with van der Waals surface area (Å²) in [6, 6.07) is 9.98. The van der Waals surface area contributed by atoms with E-state index in [4.69, 9.17) is 0 Å². The summed E-state index contributed by atoms with van der Waals surface area (Å²) >= 11 is 1.47. The molecule has 1 aliphatic carbocycles. The van der Waals surface area contributed by atoms with Crippen molar-refractivity contribution in [3.05, 3.63) is 35.7 Å². The van der Waals surface area contributed by atoms with Gasteiger partial charge in [0.1, 0.15) is 0 Å². The van der Waals surface area contributed by atoms with Crippen LogP contribution in [-0.2, 0) is 4.79 Å². The van der Waals surface area contributed by atoms with Gasteiger partial charge in [-0.3, -0.25) is 4.79 Å². The minimum Gasteiger partial charge on any atom is -0.302 e. The molecule has 1 N–H and O–H groups in total. The van der Waals surface area contributed by atoms with Crippen LogP contribution in [0.25, 0.3) is 11.3 Å². The first-order valence-electron chi connectivity index (χ1n) is 5.65. The molecule has 0 spiro atoms. The van der Waals surface area contributed by atoms with Crippen molar-refractivity contribution in [3.8, 4) is 11.3 Å². The van der Waals surface area contributed by atoms with E-state index in [1.54, 1.807) is 0 Å². The van der Waals surface area contributed by atoms with Gasteiger partial charge in [-0.1, -0.05) is 30.3 Å². The topological polar surface area (TPSA) is 42.0 Å². The number of rotatable bonds is 3. The Morgan fingerprint density at radius 1 is 1.29 bits per heavy atom. The molecule has 1 aromatic carbocycles. The Balaban J connectivity index is 1.76. The summed E-state index contributed by atoms with van der Waals surface area (Å²) in [5.74, 6) is 0.332. The molecular formula is C13H12N2OS. The van der Waals surface area contributed by atoms with Crippen LogP contribution in [0.15, 0.2) is 35.7 Å². The number of thiazole rings is 1. The van der Waals surface area contributed by atoms with Crippen LogP contribution in [0.3, 0.4) is 0 Å². The third-order valence-electron chi connectivity index (χ3n) is 2.75. The average Bonchev–Trinajstić information content (AvgIpc) is 3.12. The highest BCUT2D eigenvalue weighted by atomic mass is 32.1. The van der Waals surface area contributed by atoms with Crippen LogP contribution in [0.2, 0.25) is 0 Å². The Kier molecular flexibility index (Phi) is 2.65. The number of aromatic nitrogens is 1. The van der Waals surface area contributed by atoms with Crippen LogP contribution in [-0.4, -0.2) is 10.9 Å². The molecule has 1 amide bonds. The molecule has 86 valence electrons. The molecule has 1 fully saturated rings. The number of hydrogen-bond donors (Lipinski definition) is 1. The van der Waals surface area contributed by atoms with Gasteiger partial charge in [0.05, 0.1) is 5.69 Å². The summed E-state index contributed by atoms with van der Waals surface area (Å²) in [6.45, 7) is 0. The maximum atomic E-state index is 11.6. The molecule has 3 nitrogen and oxygen atoms in total. The quantitative estimate of drug-likeness (QED) is 0.901. The summed E-state index contributed by atoms with van der Waals surface area (Å²) in [4.78, 5) is 16.0. The third kappa shape index (κ3) is 2.36. The molecule has 1 saturated carbocycles. The van der Waals surface area contributed by atoms with Crippen molar-refractivity contribution in [2.45, 2.75) is 12.8 Å². The molecule has 1 aliphatic rings. The van der Waals surface area contributed by atoms with Gasteiger partial charge in [0, 0.05) is 16.9 Å². The van der Waals surface area contributed by atoms with Crippen LogP contribution in [0.4, 0.5) is 5.13 Å². The molecule has 1 heterocycles. The van der Waals surface area contributed by atoms with Crippen LogP contribution in [0.5, 0.6) is 0 Å². The van der Waals surface area contributed by atoms with Crippen molar-refractivity contribution in [2.24, 2.45) is 5.92 Å². The molecule has 4 heteroatoms. The average molecular weight is 244 g/mol. The summed E-state index contributed by atoms with van der Waals surface area (Å²) < 4.78 is 0. The Labute approximate surface area is 104 Å². The Morgan fingerprint density at radius 2 is 2.06 bits per heavy atom. The molecule has 3 rings (SSSR count). The zero-order chi connectivity index (χ0) is 11.7. The van der Waals surface area contributed by atoms with Gasteiger partial charge in [-0.05, 0) is 12.8 Å². The number of nitrogens with zero attached hydrogens (tertiary/aromatic N) is 1. The molecule has 0 aliphatic heterocycles. The largest absolute Gasteiger partial charge is 0.302 e. The van der Waals surface area contributed by atoms with Crippen LogP contribution in [0, 0.1) is 5.92 Å². The van der Waals surface area contributed by atoms with Crippen LogP contribution >= 0.6 is 11.3 Å². The predicted molar refractivity (Wildman–Crippen MR) is 68.9 cm³/mol. The Morgan fingerprint density at radius 3 is 2.76 bits per heavy atom. The number of amides is 1. The summed E-state index contributed by atoms with van der Waals surface area (Å²) in [6.07, 6.45) is 2.03. The van der Waals surface area contributed by atoms with Gasteiger partial charge < -0.3 is 5.32 Å². The fraction of sp³-hybridized carbons (Fsp3) is 0.231. The molecule has 1 aromatic heterocycles. The zero-order valence-electron chi connectivity index (χ0n) is 9.22. The third-order valence-corrected chi connectivity index (χ3v) is 3.51. The van der Waals surface area contributed by atoms with Crippen molar-refractivity contribution in [3.63, 3.8) is 0 Å². The normalized spacial score (nSPS) is 14.6. The number of hydrogen-bond acceptors (Lipinski definition) is 3. The molecule has 0 atom stereocenters. The summed E-state index contributed by atoms with van der Waals surface area (Å²) in [7, 11) is 0. The molecule has 0 bridgehead atoms. The number of anilines is 1. The van der Waals surface area contributed by atoms with Gasteiger partial charge in [-0.25, -0.2) is 4.98 Å². The van der Waals surface area contributed by atoms with E-state index in [1.165, 1.54) is 11.3 Å². The Bertz CT molecular complexity index is 531. The lowest BCUT2D eigenvalue weighted by atomic mass is 10.2. The summed E-state index contributed by atoms with van der Waals surface area (Å²) in [5.41, 5.74) is 2.00. The fourth-order valence-electron chi connectivity index (χ4n) is 1.63. The highest BCUT2D eigenvalue weighted by molar-refractivity contribution is 7.14. The van der Waals surface area contributed by atoms with Crippen molar-refractivity contribution in [1.82, 2.24) is 4.98 Å². The van der Waals surface area contributed by atoms with Crippen molar-refractivity contribution < 1.29 is 4.79 Å². The summed E-state index contributed by atoms with van der Waals surface area (Å²) in [5, 5.41) is 5.53. The van der Waals surface area contributed by atoms with Gasteiger partial charge in [0.25, 0.3) is 0 Å². The first-order valence-corrected chi connectivity index (χ1v) is 6.53. The first-order chi connectivity index (χ1) is 8.33. The van der Waals surface area contributed by atoms with Gasteiger partial charge in [0.15, 0.2) is 5.13 Å². The minimum atomic E-state index is 0.110. The second kappa shape index (κ2) is 4.30. The maximum absolute atomic E-state index is 11.6. The van der Waals surface area contributed by atoms with Gasteiger partial charge >= 0.3 is 0 Å². The lowest BCUT2D eigenvalue weighted by molar-refractivity contribution is -0.117. The molecule has 17 heavy (non-hydrogen) atoms. The first kappa shape index (κ1) is 10.5. The van der Waals surface area contributed by atoms with Crippen LogP contribution < -0.4 is 5.32 Å². The minimum absolute atomic E-state index is 0.110. The van der Waals surface area contributed by atoms with Gasteiger partial charge in [-0.2, -0.15) is 0 Å². The highest BCUT2D eigenvalue weighted by Crippen LogP contribution is 2.31. The maximum Gasteiger partial charge on any atom is 0.229 e. The van der Waals surface area contributed by atoms with E-state index in [0.717, 1.165) is 24.1 Å². The van der Waals surface area contributed by atoms with E-state index in [9.17, 15) is 4.79 Å². The monoisotopic (exact) mass is 244 g/mol. The van der Waals surface area contributed by atoms with E-state index in [1.807, 2.05) is 35.7 Å². The second-order valence-corrected chi connectivity index (χ2v) is 5.03. The molecule has 0 unspecified atom stereocenters. The Hall–Kier alpha value is -1.68. The number of nitrogens with one attached hydrogen (secondary N) is 1. The lowest BCUT2D eigenvalue weighted by Crippen LogP contribution is -2.12. The second-order valence-electron chi connectivity index (χ2n) is 4.17. The van der Waals surface area contributed by atoms with Crippen LogP contribution in [0.1, 0.15) is 12.8 Å². The van der Waals surface area contributed by atoms with Gasteiger partial charge in [-0.15, -0.1) is 11.3 Å². The van der Waals surface area contributed by atoms with Crippen molar-refractivity contribution >= 4 is 22.4 Å². The molecule has 0 radical (unpaired) electrons. The van der Waals surface area contributed by atoms with E-state index in [2.05, 4.69) is 10.3 Å². The number of benzene rings is 1. The SMILES string of the molecule is O=C(Nc1nc(-c2ccccc2)cs1)C1CC1. The van der Waals surface area contributed by atoms with Crippen molar-refractivity contribution in [1.29, 1.82) is 0 Å². The fourth-order valence-corrected chi connectivity index (χ4v) is 2.35. The van der Waals surface area contributed by atoms with E-state index >= 15 is 0 Å². The smallest absolute Gasteiger partial charge is 0.229 e. The van der Waals surface area contributed by atoms with E-state index in [0.29, 0.717) is 5.13 Å². The zero-order valence-corrected chi connectivity index (χ0v) is 10.0. The van der Waals surface area contributed by atoms with Crippen molar-refractivity contribution in [2.75, 3.05) is 5.32 Å². The van der Waals surface area contributed by atoms with E-state index in [-0.39, 0.29) is 11.8 Å². The van der Waals surface area contributed by atoms with Gasteiger partial charge in [0.2, 0.25) is 5.91 Å². The standard InChI is InChI=1S/C13H12N2OS/c16-12(10-6-7-10)15-13-14-11(8-17-13)9-4-2-1-3-5-9/h1-5,8,10H,6-7H2,(H,14,15,16). The lowest BCUT2D eigenvalue weighted by Gasteiger charge is -1.98. The number of carbonyl (C=O) groups excluding carboxylic acids is 1. The molecule has 2 aromatic rings. The highest BCUT2D eigenvalue weighted by Gasteiger charge is 2.30. The predicted octanol–water partition coefficient (Wildman–Crippen LogP) is 3.16.